The number of anilines is 1. The van der Waals surface area contributed by atoms with Crippen LogP contribution in [0, 0.1) is 11.7 Å². The predicted octanol–water partition coefficient (Wildman–Crippen LogP) is 3.09. The number of nitrogens with zero attached hydrogens (tertiary/aromatic N) is 1. The fraction of sp³-hybridized carbons (Fsp3) is 0.600. The molecule has 2 nitrogen and oxygen atoms in total. The molecule has 98 valence electrons. The highest BCUT2D eigenvalue weighted by Gasteiger charge is 2.35. The standard InChI is InChI=1S/C15H20FNO/c16-13-9-11(10-18)6-7-15(13)17-8-2-4-12-3-1-5-14(12)17/h6-7,9,12,14,18H,1-5,8,10H2. The number of aliphatic hydroxyl groups excluding tert-OH is 1. The summed E-state index contributed by atoms with van der Waals surface area (Å²) >= 11 is 0. The molecule has 0 spiro atoms. The molecule has 0 amide bonds. The van der Waals surface area contributed by atoms with E-state index >= 15 is 0 Å². The average Bonchev–Trinajstić information content (AvgIpc) is 2.87. The number of benzene rings is 1. The highest BCUT2D eigenvalue weighted by Crippen LogP contribution is 2.39. The number of rotatable bonds is 2. The van der Waals surface area contributed by atoms with E-state index in [0.29, 0.717) is 11.6 Å². The van der Waals surface area contributed by atoms with Crippen LogP contribution in [0.1, 0.15) is 37.7 Å². The summed E-state index contributed by atoms with van der Waals surface area (Å²) < 4.78 is 14.1. The lowest BCUT2D eigenvalue weighted by Crippen LogP contribution is -2.43. The summed E-state index contributed by atoms with van der Waals surface area (Å²) in [6, 6.07) is 5.67. The molecular weight excluding hydrogens is 229 g/mol. The summed E-state index contributed by atoms with van der Waals surface area (Å²) in [5, 5.41) is 9.03. The van der Waals surface area contributed by atoms with E-state index < -0.39 is 0 Å². The Morgan fingerprint density at radius 3 is 2.83 bits per heavy atom. The maximum absolute atomic E-state index is 14.1. The summed E-state index contributed by atoms with van der Waals surface area (Å²) in [4.78, 5) is 2.26. The van der Waals surface area contributed by atoms with Crippen LogP contribution in [0.25, 0.3) is 0 Å². The van der Waals surface area contributed by atoms with E-state index in [0.717, 1.165) is 18.2 Å². The van der Waals surface area contributed by atoms with E-state index in [-0.39, 0.29) is 12.4 Å². The third-order valence-electron chi connectivity index (χ3n) is 4.50. The lowest BCUT2D eigenvalue weighted by Gasteiger charge is -2.39. The molecule has 2 unspecified atom stereocenters. The van der Waals surface area contributed by atoms with E-state index in [1.807, 2.05) is 12.1 Å². The molecule has 2 aliphatic rings. The first-order chi connectivity index (χ1) is 8.79. The molecular formula is C15H20FNO. The minimum Gasteiger partial charge on any atom is -0.392 e. The Morgan fingerprint density at radius 2 is 2.06 bits per heavy atom. The van der Waals surface area contributed by atoms with Gasteiger partial charge < -0.3 is 10.0 Å². The van der Waals surface area contributed by atoms with Crippen LogP contribution in [0.2, 0.25) is 0 Å². The van der Waals surface area contributed by atoms with Gasteiger partial charge in [0.2, 0.25) is 0 Å². The van der Waals surface area contributed by atoms with E-state index in [1.165, 1.54) is 38.2 Å². The Balaban J connectivity index is 1.89. The van der Waals surface area contributed by atoms with E-state index in [2.05, 4.69) is 4.90 Å². The second-order valence-electron chi connectivity index (χ2n) is 5.54. The Morgan fingerprint density at radius 1 is 1.22 bits per heavy atom. The van der Waals surface area contributed by atoms with E-state index in [4.69, 9.17) is 5.11 Å². The van der Waals surface area contributed by atoms with Crippen LogP contribution in [0.5, 0.6) is 0 Å². The highest BCUT2D eigenvalue weighted by molar-refractivity contribution is 5.51. The quantitative estimate of drug-likeness (QED) is 0.870. The zero-order valence-corrected chi connectivity index (χ0v) is 10.6. The van der Waals surface area contributed by atoms with Gasteiger partial charge in [0.1, 0.15) is 5.82 Å². The molecule has 1 aliphatic carbocycles. The van der Waals surface area contributed by atoms with Crippen LogP contribution in [0.15, 0.2) is 18.2 Å². The Hall–Kier alpha value is -1.09. The second-order valence-corrected chi connectivity index (χ2v) is 5.54. The number of halogens is 1. The smallest absolute Gasteiger partial charge is 0.146 e. The molecule has 0 radical (unpaired) electrons. The average molecular weight is 249 g/mol. The van der Waals surface area contributed by atoms with Gasteiger partial charge in [-0.05, 0) is 49.3 Å². The molecule has 0 bridgehead atoms. The number of fused-ring (bicyclic) bond motifs is 1. The van der Waals surface area contributed by atoms with E-state index in [1.54, 1.807) is 0 Å². The summed E-state index contributed by atoms with van der Waals surface area (Å²) in [6.07, 6.45) is 6.26. The zero-order valence-electron chi connectivity index (χ0n) is 10.6. The number of hydrogen-bond donors (Lipinski definition) is 1. The molecule has 1 aliphatic heterocycles. The maximum Gasteiger partial charge on any atom is 0.146 e. The molecule has 3 rings (SSSR count). The normalized spacial score (nSPS) is 27.3. The summed E-state index contributed by atoms with van der Waals surface area (Å²) in [5.74, 6) is 0.574. The van der Waals surface area contributed by atoms with Gasteiger partial charge in [-0.1, -0.05) is 12.5 Å². The Kier molecular flexibility index (Phi) is 3.25. The van der Waals surface area contributed by atoms with Crippen molar-refractivity contribution in [2.75, 3.05) is 11.4 Å². The second kappa shape index (κ2) is 4.88. The molecule has 0 aromatic heterocycles. The minimum absolute atomic E-state index is 0.0940. The van der Waals surface area contributed by atoms with Crippen molar-refractivity contribution in [1.29, 1.82) is 0 Å². The summed E-state index contributed by atoms with van der Waals surface area (Å²) in [6.45, 7) is 0.875. The summed E-state index contributed by atoms with van der Waals surface area (Å²) in [7, 11) is 0. The highest BCUT2D eigenvalue weighted by atomic mass is 19.1. The Bertz CT molecular complexity index is 435. The van der Waals surface area contributed by atoms with Crippen molar-refractivity contribution in [2.24, 2.45) is 5.92 Å². The van der Waals surface area contributed by atoms with Gasteiger partial charge in [-0.15, -0.1) is 0 Å². The van der Waals surface area contributed by atoms with Gasteiger partial charge in [-0.2, -0.15) is 0 Å². The first-order valence-electron chi connectivity index (χ1n) is 6.95. The van der Waals surface area contributed by atoms with Gasteiger partial charge >= 0.3 is 0 Å². The van der Waals surface area contributed by atoms with Crippen LogP contribution in [0.3, 0.4) is 0 Å². The van der Waals surface area contributed by atoms with Crippen LogP contribution in [-0.4, -0.2) is 17.7 Å². The lowest BCUT2D eigenvalue weighted by molar-refractivity contribution is 0.281. The van der Waals surface area contributed by atoms with Gasteiger partial charge in [0.25, 0.3) is 0 Å². The lowest BCUT2D eigenvalue weighted by atomic mass is 9.91. The van der Waals surface area contributed by atoms with Gasteiger partial charge in [-0.25, -0.2) is 4.39 Å². The van der Waals surface area contributed by atoms with Crippen molar-refractivity contribution in [2.45, 2.75) is 44.8 Å². The molecule has 1 saturated heterocycles. The fourth-order valence-electron chi connectivity index (χ4n) is 3.63. The molecule has 3 heteroatoms. The zero-order chi connectivity index (χ0) is 12.5. The molecule has 1 N–H and O–H groups in total. The van der Waals surface area contributed by atoms with Crippen molar-refractivity contribution >= 4 is 5.69 Å². The fourth-order valence-corrected chi connectivity index (χ4v) is 3.63. The topological polar surface area (TPSA) is 23.5 Å². The number of hydrogen-bond acceptors (Lipinski definition) is 2. The van der Waals surface area contributed by atoms with Crippen molar-refractivity contribution < 1.29 is 9.50 Å². The van der Waals surface area contributed by atoms with Gasteiger partial charge in [0.05, 0.1) is 12.3 Å². The van der Waals surface area contributed by atoms with Crippen molar-refractivity contribution in [3.63, 3.8) is 0 Å². The largest absolute Gasteiger partial charge is 0.392 e. The van der Waals surface area contributed by atoms with Crippen LogP contribution in [0.4, 0.5) is 10.1 Å². The van der Waals surface area contributed by atoms with Crippen molar-refractivity contribution in [3.8, 4) is 0 Å². The molecule has 1 aromatic carbocycles. The molecule has 18 heavy (non-hydrogen) atoms. The molecule has 1 aromatic rings. The third kappa shape index (κ3) is 2.01. The maximum atomic E-state index is 14.1. The van der Waals surface area contributed by atoms with Crippen LogP contribution >= 0.6 is 0 Å². The monoisotopic (exact) mass is 249 g/mol. The SMILES string of the molecule is OCc1ccc(N2CCCC3CCCC32)c(F)c1. The third-order valence-corrected chi connectivity index (χ3v) is 4.50. The summed E-state index contributed by atoms with van der Waals surface area (Å²) in [5.41, 5.74) is 1.38. The predicted molar refractivity (Wildman–Crippen MR) is 70.0 cm³/mol. The van der Waals surface area contributed by atoms with Gasteiger partial charge in [-0.3, -0.25) is 0 Å². The number of piperidine rings is 1. The van der Waals surface area contributed by atoms with Gasteiger partial charge in [0.15, 0.2) is 0 Å². The van der Waals surface area contributed by atoms with Crippen molar-refractivity contribution in [3.05, 3.63) is 29.6 Å². The van der Waals surface area contributed by atoms with Crippen LogP contribution < -0.4 is 4.90 Å². The number of aliphatic hydroxyl groups is 1. The van der Waals surface area contributed by atoms with E-state index in [9.17, 15) is 4.39 Å². The Labute approximate surface area is 107 Å². The van der Waals surface area contributed by atoms with Gasteiger partial charge in [0, 0.05) is 12.6 Å². The minimum atomic E-state index is -0.186. The molecule has 2 atom stereocenters. The molecule has 2 fully saturated rings. The molecule has 1 saturated carbocycles. The first-order valence-corrected chi connectivity index (χ1v) is 6.95. The first kappa shape index (κ1) is 12.0. The molecule has 1 heterocycles. The van der Waals surface area contributed by atoms with Crippen molar-refractivity contribution in [1.82, 2.24) is 0 Å². The van der Waals surface area contributed by atoms with Crippen LogP contribution in [-0.2, 0) is 6.61 Å².